The molecule has 0 bridgehead atoms. The van der Waals surface area contributed by atoms with Gasteiger partial charge in [-0.25, -0.2) is 8.42 Å². The molecule has 1 atom stereocenters. The van der Waals surface area contributed by atoms with Crippen molar-refractivity contribution in [3.8, 4) is 0 Å². The minimum atomic E-state index is -4.03. The fourth-order valence-corrected chi connectivity index (χ4v) is 5.08. The number of hydrogen-bond donors (Lipinski definition) is 1. The van der Waals surface area contributed by atoms with Crippen molar-refractivity contribution in [3.05, 3.63) is 94.5 Å². The van der Waals surface area contributed by atoms with Crippen LogP contribution in [0, 0.1) is 0 Å². The van der Waals surface area contributed by atoms with Crippen molar-refractivity contribution in [2.45, 2.75) is 17.7 Å². The molecule has 0 aromatic heterocycles. The molecule has 0 aliphatic rings. The fourth-order valence-electron chi connectivity index (χ4n) is 3.06. The molecule has 0 unspecified atom stereocenters. The molecule has 0 aliphatic heterocycles. The van der Waals surface area contributed by atoms with Crippen LogP contribution in [-0.4, -0.2) is 27.4 Å². The van der Waals surface area contributed by atoms with Crippen LogP contribution in [0.4, 0.5) is 5.69 Å². The molecule has 3 rings (SSSR count). The van der Waals surface area contributed by atoms with Gasteiger partial charge in [0.1, 0.15) is 6.54 Å². The van der Waals surface area contributed by atoms with Gasteiger partial charge in [-0.3, -0.25) is 9.10 Å². The Morgan fingerprint density at radius 3 is 2.19 bits per heavy atom. The van der Waals surface area contributed by atoms with Crippen LogP contribution in [0.15, 0.2) is 83.8 Å². The van der Waals surface area contributed by atoms with Gasteiger partial charge in [0.25, 0.3) is 10.0 Å². The van der Waals surface area contributed by atoms with Crippen molar-refractivity contribution in [1.82, 2.24) is 5.32 Å². The first-order chi connectivity index (χ1) is 14.8. The van der Waals surface area contributed by atoms with Gasteiger partial charge in [-0.15, -0.1) is 0 Å². The Labute approximate surface area is 192 Å². The summed E-state index contributed by atoms with van der Waals surface area (Å²) < 4.78 is 27.6. The Kier molecular flexibility index (Phi) is 7.59. The lowest BCUT2D eigenvalue weighted by Crippen LogP contribution is -2.41. The number of carbonyl (C=O) groups is 1. The van der Waals surface area contributed by atoms with E-state index in [9.17, 15) is 13.2 Å². The molecule has 0 fully saturated rings. The third-order valence-electron chi connectivity index (χ3n) is 4.77. The Morgan fingerprint density at radius 2 is 1.58 bits per heavy atom. The summed E-state index contributed by atoms with van der Waals surface area (Å²) in [5.74, 6) is -0.364. The predicted octanol–water partition coefficient (Wildman–Crippen LogP) is 5.11. The lowest BCUT2D eigenvalue weighted by molar-refractivity contribution is -0.119. The minimum absolute atomic E-state index is 0.0615. The van der Waals surface area contributed by atoms with E-state index < -0.39 is 22.5 Å². The Balaban J connectivity index is 1.84. The highest BCUT2D eigenvalue weighted by Gasteiger charge is 2.28. The zero-order valence-electron chi connectivity index (χ0n) is 16.8. The van der Waals surface area contributed by atoms with Gasteiger partial charge in [0.2, 0.25) is 5.91 Å². The van der Waals surface area contributed by atoms with Gasteiger partial charge in [0, 0.05) is 11.6 Å². The van der Waals surface area contributed by atoms with E-state index in [4.69, 9.17) is 23.2 Å². The number of benzene rings is 3. The van der Waals surface area contributed by atoms with Crippen LogP contribution in [0.25, 0.3) is 0 Å². The normalized spacial score (nSPS) is 12.2. The first kappa shape index (κ1) is 23.1. The molecule has 162 valence electrons. The maximum absolute atomic E-state index is 13.3. The largest absolute Gasteiger partial charge is 0.354 e. The fraction of sp³-hybridized carbons (Fsp3) is 0.174. The second kappa shape index (κ2) is 10.2. The summed E-state index contributed by atoms with van der Waals surface area (Å²) in [5, 5.41) is 3.33. The third-order valence-corrected chi connectivity index (χ3v) is 7.08. The van der Waals surface area contributed by atoms with Crippen LogP contribution in [0.5, 0.6) is 0 Å². The lowest BCUT2D eigenvalue weighted by atomic mass is 10.0. The summed E-state index contributed by atoms with van der Waals surface area (Å²) >= 11 is 12.3. The van der Waals surface area contributed by atoms with Crippen molar-refractivity contribution in [3.63, 3.8) is 0 Å². The summed E-state index contributed by atoms with van der Waals surface area (Å²) in [6, 6.07) is 22.1. The maximum Gasteiger partial charge on any atom is 0.264 e. The van der Waals surface area contributed by atoms with Crippen LogP contribution in [0.2, 0.25) is 10.0 Å². The molecular formula is C23H22Cl2N2O3S. The number of anilines is 1. The van der Waals surface area contributed by atoms with Gasteiger partial charge >= 0.3 is 0 Å². The highest BCUT2D eigenvalue weighted by Crippen LogP contribution is 2.32. The molecule has 1 N–H and O–H groups in total. The second-order valence-corrected chi connectivity index (χ2v) is 9.74. The van der Waals surface area contributed by atoms with Gasteiger partial charge < -0.3 is 5.32 Å². The smallest absolute Gasteiger partial charge is 0.264 e. The zero-order valence-corrected chi connectivity index (χ0v) is 19.2. The number of nitrogens with one attached hydrogen (secondary N) is 1. The molecule has 0 radical (unpaired) electrons. The molecule has 1 amide bonds. The average molecular weight is 477 g/mol. The van der Waals surface area contributed by atoms with Gasteiger partial charge in [0.15, 0.2) is 0 Å². The summed E-state index contributed by atoms with van der Waals surface area (Å²) in [4.78, 5) is 12.8. The van der Waals surface area contributed by atoms with Crippen LogP contribution in [0.1, 0.15) is 18.4 Å². The van der Waals surface area contributed by atoms with E-state index in [0.717, 1.165) is 9.87 Å². The van der Waals surface area contributed by atoms with Crippen LogP contribution >= 0.6 is 23.2 Å². The molecule has 8 heteroatoms. The van der Waals surface area contributed by atoms with Crippen LogP contribution in [0.3, 0.4) is 0 Å². The van der Waals surface area contributed by atoms with E-state index >= 15 is 0 Å². The summed E-state index contributed by atoms with van der Waals surface area (Å²) in [6.45, 7) is 1.95. The SMILES string of the molecule is C[C@H](CNC(=O)CN(c1ccc(Cl)cc1Cl)S(=O)(=O)c1ccccc1)c1ccccc1. The van der Waals surface area contributed by atoms with Gasteiger partial charge in [0.05, 0.1) is 15.6 Å². The molecule has 0 saturated carbocycles. The van der Waals surface area contributed by atoms with E-state index in [-0.39, 0.29) is 21.5 Å². The molecule has 3 aromatic rings. The van der Waals surface area contributed by atoms with Gasteiger partial charge in [-0.1, -0.05) is 78.7 Å². The van der Waals surface area contributed by atoms with E-state index in [1.165, 1.54) is 30.3 Å². The van der Waals surface area contributed by atoms with Crippen molar-refractivity contribution in [2.24, 2.45) is 0 Å². The van der Waals surface area contributed by atoms with Crippen LogP contribution < -0.4 is 9.62 Å². The van der Waals surface area contributed by atoms with Crippen molar-refractivity contribution in [1.29, 1.82) is 0 Å². The predicted molar refractivity (Wildman–Crippen MR) is 125 cm³/mol. The molecule has 0 aliphatic carbocycles. The molecule has 0 saturated heterocycles. The summed E-state index contributed by atoms with van der Waals surface area (Å²) in [6.07, 6.45) is 0. The van der Waals surface area contributed by atoms with Crippen molar-refractivity contribution >= 4 is 44.8 Å². The molecule has 5 nitrogen and oxygen atoms in total. The quantitative estimate of drug-likeness (QED) is 0.491. The lowest BCUT2D eigenvalue weighted by Gasteiger charge is -2.25. The number of hydrogen-bond acceptors (Lipinski definition) is 3. The second-order valence-electron chi connectivity index (χ2n) is 7.04. The molecule has 31 heavy (non-hydrogen) atoms. The Hall–Kier alpha value is -2.54. The van der Waals surface area contributed by atoms with Gasteiger partial charge in [-0.05, 0) is 41.8 Å². The first-order valence-corrected chi connectivity index (χ1v) is 11.8. The Morgan fingerprint density at radius 1 is 0.968 bits per heavy atom. The average Bonchev–Trinajstić information content (AvgIpc) is 2.77. The number of nitrogens with zero attached hydrogens (tertiary/aromatic N) is 1. The summed E-state index contributed by atoms with van der Waals surface area (Å²) in [7, 11) is -4.03. The van der Waals surface area contributed by atoms with E-state index in [2.05, 4.69) is 5.32 Å². The van der Waals surface area contributed by atoms with E-state index in [1.807, 2.05) is 37.3 Å². The zero-order chi connectivity index (χ0) is 22.4. The standard InChI is InChI=1S/C23H22Cl2N2O3S/c1-17(18-8-4-2-5-9-18)15-26-23(28)16-27(22-13-12-19(24)14-21(22)25)31(29,30)20-10-6-3-7-11-20/h2-14,17H,15-16H2,1H3,(H,26,28)/t17-/m1/s1. The van der Waals surface area contributed by atoms with Crippen molar-refractivity contribution < 1.29 is 13.2 Å². The monoisotopic (exact) mass is 476 g/mol. The molecule has 0 heterocycles. The minimum Gasteiger partial charge on any atom is -0.354 e. The third kappa shape index (κ3) is 5.79. The number of halogens is 2. The number of amides is 1. The van der Waals surface area contributed by atoms with Crippen LogP contribution in [-0.2, 0) is 14.8 Å². The van der Waals surface area contributed by atoms with E-state index in [0.29, 0.717) is 11.6 Å². The van der Waals surface area contributed by atoms with Gasteiger partial charge in [-0.2, -0.15) is 0 Å². The number of carbonyl (C=O) groups excluding carboxylic acids is 1. The summed E-state index contributed by atoms with van der Waals surface area (Å²) in [5.41, 5.74) is 1.26. The number of rotatable bonds is 8. The topological polar surface area (TPSA) is 66.5 Å². The number of sulfonamides is 1. The Bertz CT molecular complexity index is 1140. The molecular weight excluding hydrogens is 455 g/mol. The van der Waals surface area contributed by atoms with Crippen molar-refractivity contribution in [2.75, 3.05) is 17.4 Å². The molecule has 0 spiro atoms. The highest BCUT2D eigenvalue weighted by molar-refractivity contribution is 7.92. The molecule has 3 aromatic carbocycles. The highest BCUT2D eigenvalue weighted by atomic mass is 35.5. The van der Waals surface area contributed by atoms with E-state index in [1.54, 1.807) is 18.2 Å². The first-order valence-electron chi connectivity index (χ1n) is 9.63. The maximum atomic E-state index is 13.3.